The van der Waals surface area contributed by atoms with E-state index in [0.717, 1.165) is 28.0 Å². The van der Waals surface area contributed by atoms with Gasteiger partial charge in [0, 0.05) is 31.0 Å². The molecular formula is C23H24N4O2S. The highest BCUT2D eigenvalue weighted by Crippen LogP contribution is 2.24. The van der Waals surface area contributed by atoms with Gasteiger partial charge in [-0.15, -0.1) is 0 Å². The summed E-state index contributed by atoms with van der Waals surface area (Å²) in [5, 5.41) is 0. The summed E-state index contributed by atoms with van der Waals surface area (Å²) in [6.45, 7) is 4.88. The van der Waals surface area contributed by atoms with E-state index in [1.165, 1.54) is 0 Å². The van der Waals surface area contributed by atoms with Crippen molar-refractivity contribution < 1.29 is 8.42 Å². The van der Waals surface area contributed by atoms with Gasteiger partial charge in [-0.25, -0.2) is 18.1 Å². The number of pyridine rings is 1. The quantitative estimate of drug-likeness (QED) is 0.486. The van der Waals surface area contributed by atoms with Gasteiger partial charge in [-0.05, 0) is 47.9 Å². The maximum atomic E-state index is 12.7. The number of benzene rings is 2. The molecule has 2 aromatic heterocycles. The zero-order valence-corrected chi connectivity index (χ0v) is 17.8. The van der Waals surface area contributed by atoms with Crippen LogP contribution in [0, 0.1) is 0 Å². The number of hydrogen-bond donors (Lipinski definition) is 1. The van der Waals surface area contributed by atoms with Gasteiger partial charge in [-0.2, -0.15) is 0 Å². The molecule has 0 unspecified atom stereocenters. The fraction of sp³-hybridized carbons (Fsp3) is 0.217. The van der Waals surface area contributed by atoms with E-state index in [0.29, 0.717) is 12.5 Å². The molecule has 2 aromatic carbocycles. The Kier molecular flexibility index (Phi) is 5.65. The third-order valence-electron chi connectivity index (χ3n) is 5.08. The Morgan fingerprint density at radius 2 is 1.67 bits per heavy atom. The lowest BCUT2D eigenvalue weighted by molar-refractivity contribution is 0.574. The topological polar surface area (TPSA) is 76.9 Å². The molecule has 0 amide bonds. The molecular weight excluding hydrogens is 396 g/mol. The van der Waals surface area contributed by atoms with Crippen molar-refractivity contribution in [2.75, 3.05) is 6.54 Å². The van der Waals surface area contributed by atoms with E-state index < -0.39 is 10.0 Å². The first kappa shape index (κ1) is 20.3. The van der Waals surface area contributed by atoms with Crippen molar-refractivity contribution in [3.8, 4) is 11.4 Å². The van der Waals surface area contributed by atoms with Gasteiger partial charge in [0.1, 0.15) is 5.82 Å². The number of fused-ring (bicyclic) bond motifs is 1. The predicted molar refractivity (Wildman–Crippen MR) is 119 cm³/mol. The van der Waals surface area contributed by atoms with Crippen LogP contribution >= 0.6 is 0 Å². The molecule has 0 saturated heterocycles. The van der Waals surface area contributed by atoms with Crippen LogP contribution in [0.1, 0.15) is 25.3 Å². The van der Waals surface area contributed by atoms with Crippen LogP contribution < -0.4 is 4.72 Å². The first-order valence-electron chi connectivity index (χ1n) is 9.91. The second-order valence-corrected chi connectivity index (χ2v) is 9.20. The highest BCUT2D eigenvalue weighted by molar-refractivity contribution is 7.89. The maximum Gasteiger partial charge on any atom is 0.240 e. The van der Waals surface area contributed by atoms with Crippen LogP contribution in [0.15, 0.2) is 78.0 Å². The summed E-state index contributed by atoms with van der Waals surface area (Å²) in [7, 11) is -3.58. The molecule has 30 heavy (non-hydrogen) atoms. The zero-order chi connectivity index (χ0) is 21.1. The normalized spacial score (nSPS) is 12.0. The molecule has 154 valence electrons. The van der Waals surface area contributed by atoms with Gasteiger partial charge >= 0.3 is 0 Å². The summed E-state index contributed by atoms with van der Waals surface area (Å²) in [6.07, 6.45) is 3.45. The molecule has 0 aliphatic rings. The monoisotopic (exact) mass is 420 g/mol. The Morgan fingerprint density at radius 3 is 2.37 bits per heavy atom. The van der Waals surface area contributed by atoms with Crippen LogP contribution in [-0.2, 0) is 16.6 Å². The molecule has 0 atom stereocenters. The molecule has 0 aliphatic heterocycles. The van der Waals surface area contributed by atoms with Crippen molar-refractivity contribution in [2.24, 2.45) is 0 Å². The van der Waals surface area contributed by atoms with E-state index in [4.69, 9.17) is 4.98 Å². The van der Waals surface area contributed by atoms with Crippen LogP contribution in [0.3, 0.4) is 0 Å². The Bertz CT molecular complexity index is 1250. The van der Waals surface area contributed by atoms with Gasteiger partial charge in [-0.3, -0.25) is 4.98 Å². The Hall–Kier alpha value is -3.03. The highest BCUT2D eigenvalue weighted by Gasteiger charge is 2.16. The van der Waals surface area contributed by atoms with Crippen LogP contribution in [0.25, 0.3) is 22.4 Å². The van der Waals surface area contributed by atoms with E-state index in [1.54, 1.807) is 24.5 Å². The SMILES string of the molecule is CC(C)c1ccc(S(=O)(=O)NCCn2c(-c3ccncc3)nc3ccccc32)cc1. The average molecular weight is 421 g/mol. The molecule has 0 fully saturated rings. The molecule has 0 spiro atoms. The van der Waals surface area contributed by atoms with Gasteiger partial charge < -0.3 is 4.57 Å². The number of imidazole rings is 1. The standard InChI is InChI=1S/C23H24N4O2S/c1-17(2)18-7-9-20(10-8-18)30(28,29)25-15-16-27-22-6-4-3-5-21(22)26-23(27)19-11-13-24-14-12-19/h3-14,17,25H,15-16H2,1-2H3. The minimum absolute atomic E-state index is 0.257. The molecule has 7 heteroatoms. The Morgan fingerprint density at radius 1 is 0.967 bits per heavy atom. The number of rotatable bonds is 7. The molecule has 0 saturated carbocycles. The van der Waals surface area contributed by atoms with Gasteiger partial charge in [-0.1, -0.05) is 38.1 Å². The van der Waals surface area contributed by atoms with Gasteiger partial charge in [0.25, 0.3) is 0 Å². The molecule has 0 radical (unpaired) electrons. The fourth-order valence-corrected chi connectivity index (χ4v) is 4.45. The largest absolute Gasteiger partial charge is 0.323 e. The summed E-state index contributed by atoms with van der Waals surface area (Å²) >= 11 is 0. The summed E-state index contributed by atoms with van der Waals surface area (Å²) in [5.41, 5.74) is 3.88. The van der Waals surface area contributed by atoms with E-state index >= 15 is 0 Å². The van der Waals surface area contributed by atoms with E-state index in [9.17, 15) is 8.42 Å². The van der Waals surface area contributed by atoms with E-state index in [2.05, 4.69) is 23.6 Å². The molecule has 0 bridgehead atoms. The number of hydrogen-bond acceptors (Lipinski definition) is 4. The number of aromatic nitrogens is 3. The minimum atomic E-state index is -3.58. The lowest BCUT2D eigenvalue weighted by atomic mass is 10.0. The second kappa shape index (κ2) is 8.38. The number of sulfonamides is 1. The fourth-order valence-electron chi connectivity index (χ4n) is 3.43. The molecule has 4 aromatic rings. The maximum absolute atomic E-state index is 12.7. The molecule has 4 rings (SSSR count). The number of nitrogens with zero attached hydrogens (tertiary/aromatic N) is 3. The average Bonchev–Trinajstić information content (AvgIpc) is 3.13. The molecule has 2 heterocycles. The summed E-state index contributed by atoms with van der Waals surface area (Å²) in [5.74, 6) is 1.15. The molecule has 6 nitrogen and oxygen atoms in total. The third-order valence-corrected chi connectivity index (χ3v) is 6.55. The van der Waals surface area contributed by atoms with Crippen LogP contribution in [0.2, 0.25) is 0 Å². The summed E-state index contributed by atoms with van der Waals surface area (Å²) in [6, 6.07) is 18.7. The van der Waals surface area contributed by atoms with Crippen molar-refractivity contribution in [3.05, 3.63) is 78.6 Å². The van der Waals surface area contributed by atoms with E-state index in [-0.39, 0.29) is 11.4 Å². The third kappa shape index (κ3) is 4.13. The second-order valence-electron chi connectivity index (χ2n) is 7.43. The van der Waals surface area contributed by atoms with Crippen molar-refractivity contribution in [1.29, 1.82) is 0 Å². The first-order valence-corrected chi connectivity index (χ1v) is 11.4. The summed E-state index contributed by atoms with van der Waals surface area (Å²) in [4.78, 5) is 9.09. The van der Waals surface area contributed by atoms with Gasteiger partial charge in [0.2, 0.25) is 10.0 Å². The highest BCUT2D eigenvalue weighted by atomic mass is 32.2. The first-order chi connectivity index (χ1) is 14.5. The van der Waals surface area contributed by atoms with Crippen molar-refractivity contribution in [3.63, 3.8) is 0 Å². The number of para-hydroxylation sites is 2. The van der Waals surface area contributed by atoms with Crippen molar-refractivity contribution >= 4 is 21.1 Å². The van der Waals surface area contributed by atoms with Gasteiger partial charge in [0.15, 0.2) is 0 Å². The van der Waals surface area contributed by atoms with Gasteiger partial charge in [0.05, 0.1) is 15.9 Å². The lowest BCUT2D eigenvalue weighted by Crippen LogP contribution is -2.27. The zero-order valence-electron chi connectivity index (χ0n) is 17.0. The van der Waals surface area contributed by atoms with Crippen molar-refractivity contribution in [1.82, 2.24) is 19.3 Å². The molecule has 1 N–H and O–H groups in total. The summed E-state index contributed by atoms with van der Waals surface area (Å²) < 4.78 is 30.2. The van der Waals surface area contributed by atoms with Crippen LogP contribution in [-0.4, -0.2) is 29.5 Å². The van der Waals surface area contributed by atoms with E-state index in [1.807, 2.05) is 53.1 Å². The van der Waals surface area contributed by atoms with Crippen molar-refractivity contribution in [2.45, 2.75) is 31.2 Å². The van der Waals surface area contributed by atoms with Crippen LogP contribution in [0.5, 0.6) is 0 Å². The Balaban J connectivity index is 1.56. The lowest BCUT2D eigenvalue weighted by Gasteiger charge is -2.12. The predicted octanol–water partition coefficient (Wildman–Crippen LogP) is 4.20. The smallest absolute Gasteiger partial charge is 0.240 e. The molecule has 0 aliphatic carbocycles. The number of nitrogens with one attached hydrogen (secondary N) is 1. The Labute approximate surface area is 176 Å². The van der Waals surface area contributed by atoms with Crippen LogP contribution in [0.4, 0.5) is 0 Å². The minimum Gasteiger partial charge on any atom is -0.323 e.